The van der Waals surface area contributed by atoms with Crippen LogP contribution in [0.5, 0.6) is 0 Å². The summed E-state index contributed by atoms with van der Waals surface area (Å²) in [6, 6.07) is 6.07. The minimum Gasteiger partial charge on any atom is -0.469 e. The molecule has 0 aliphatic heterocycles. The second kappa shape index (κ2) is 5.91. The van der Waals surface area contributed by atoms with Gasteiger partial charge >= 0.3 is 0 Å². The first-order valence-corrected chi connectivity index (χ1v) is 7.44. The van der Waals surface area contributed by atoms with Crippen LogP contribution in [0.2, 0.25) is 5.02 Å². The van der Waals surface area contributed by atoms with Crippen LogP contribution >= 0.6 is 23.4 Å². The summed E-state index contributed by atoms with van der Waals surface area (Å²) in [6.45, 7) is 1.82. The van der Waals surface area contributed by atoms with Gasteiger partial charge in [0.25, 0.3) is 11.1 Å². The summed E-state index contributed by atoms with van der Waals surface area (Å²) in [4.78, 5) is 0. The zero-order chi connectivity index (χ0) is 14.8. The third kappa shape index (κ3) is 3.11. The molecule has 0 N–H and O–H groups in total. The Morgan fingerprint density at radius 1 is 1.29 bits per heavy atom. The van der Waals surface area contributed by atoms with Crippen molar-refractivity contribution in [3.8, 4) is 11.5 Å². The zero-order valence-corrected chi connectivity index (χ0v) is 12.5. The summed E-state index contributed by atoms with van der Waals surface area (Å²) in [6.07, 6.45) is 1.57. The number of furan rings is 1. The molecule has 4 nitrogen and oxygen atoms in total. The number of aromatic nitrogens is 2. The fourth-order valence-electron chi connectivity index (χ4n) is 1.76. The molecular weight excluding hydrogens is 315 g/mol. The highest BCUT2D eigenvalue weighted by Crippen LogP contribution is 2.29. The van der Waals surface area contributed by atoms with Gasteiger partial charge in [0.05, 0.1) is 11.8 Å². The van der Waals surface area contributed by atoms with E-state index in [2.05, 4.69) is 10.2 Å². The highest BCUT2D eigenvalue weighted by Gasteiger charge is 2.13. The summed E-state index contributed by atoms with van der Waals surface area (Å²) in [7, 11) is 0. The first-order chi connectivity index (χ1) is 10.1. The van der Waals surface area contributed by atoms with Crippen molar-refractivity contribution in [2.75, 3.05) is 0 Å². The van der Waals surface area contributed by atoms with Gasteiger partial charge in [-0.2, -0.15) is 0 Å². The van der Waals surface area contributed by atoms with Crippen molar-refractivity contribution in [3.63, 3.8) is 0 Å². The van der Waals surface area contributed by atoms with Crippen LogP contribution in [0, 0.1) is 12.7 Å². The average molecular weight is 325 g/mol. The Kier molecular flexibility index (Phi) is 3.98. The van der Waals surface area contributed by atoms with Crippen LogP contribution in [0.1, 0.15) is 11.3 Å². The van der Waals surface area contributed by atoms with E-state index in [0.29, 0.717) is 21.9 Å². The lowest BCUT2D eigenvalue weighted by Crippen LogP contribution is -1.84. The minimum absolute atomic E-state index is 0.357. The topological polar surface area (TPSA) is 52.1 Å². The van der Waals surface area contributed by atoms with E-state index in [1.54, 1.807) is 18.4 Å². The first-order valence-electron chi connectivity index (χ1n) is 6.08. The summed E-state index contributed by atoms with van der Waals surface area (Å²) in [5.74, 6) is 1.29. The molecule has 2 heterocycles. The van der Waals surface area contributed by atoms with E-state index in [-0.39, 0.29) is 5.82 Å². The first kappa shape index (κ1) is 14.2. The van der Waals surface area contributed by atoms with Crippen molar-refractivity contribution in [2.24, 2.45) is 0 Å². The molecule has 108 valence electrons. The predicted molar refractivity (Wildman–Crippen MR) is 77.7 cm³/mol. The highest BCUT2D eigenvalue weighted by atomic mass is 35.5. The van der Waals surface area contributed by atoms with Gasteiger partial charge in [-0.15, -0.1) is 10.2 Å². The van der Waals surface area contributed by atoms with Gasteiger partial charge in [0.1, 0.15) is 11.6 Å². The third-order valence-electron chi connectivity index (χ3n) is 2.86. The Morgan fingerprint density at radius 3 is 2.86 bits per heavy atom. The maximum Gasteiger partial charge on any atom is 0.277 e. The van der Waals surface area contributed by atoms with Gasteiger partial charge in [0.2, 0.25) is 0 Å². The number of aryl methyl sites for hydroxylation is 1. The van der Waals surface area contributed by atoms with Crippen LogP contribution in [-0.4, -0.2) is 10.2 Å². The van der Waals surface area contributed by atoms with Gasteiger partial charge in [-0.1, -0.05) is 29.4 Å². The second-order valence-electron chi connectivity index (χ2n) is 4.29. The van der Waals surface area contributed by atoms with Crippen LogP contribution in [0.25, 0.3) is 11.5 Å². The second-order valence-corrected chi connectivity index (χ2v) is 5.62. The molecule has 0 amide bonds. The Labute approximate surface area is 129 Å². The quantitative estimate of drug-likeness (QED) is 0.650. The largest absolute Gasteiger partial charge is 0.469 e. The van der Waals surface area contributed by atoms with Gasteiger partial charge in [0, 0.05) is 10.8 Å². The molecular formula is C14H10ClFN2O2S. The SMILES string of the molecule is Cc1occc1-c1nnc(SCc2ccc(F)cc2Cl)o1. The molecule has 0 atom stereocenters. The van der Waals surface area contributed by atoms with Crippen LogP contribution in [-0.2, 0) is 5.75 Å². The number of nitrogens with zero attached hydrogens (tertiary/aromatic N) is 2. The molecule has 1 aromatic carbocycles. The third-order valence-corrected chi connectivity index (χ3v) is 4.08. The Hall–Kier alpha value is -1.79. The van der Waals surface area contributed by atoms with E-state index >= 15 is 0 Å². The molecule has 3 rings (SSSR count). The lowest BCUT2D eigenvalue weighted by molar-refractivity contribution is 0.463. The molecule has 3 aromatic rings. The molecule has 7 heteroatoms. The molecule has 0 bridgehead atoms. The minimum atomic E-state index is -0.357. The molecule has 0 saturated carbocycles. The number of hydrogen-bond acceptors (Lipinski definition) is 5. The Morgan fingerprint density at radius 2 is 2.14 bits per heavy atom. The molecule has 0 aliphatic rings. The highest BCUT2D eigenvalue weighted by molar-refractivity contribution is 7.98. The van der Waals surface area contributed by atoms with Crippen LogP contribution in [0.3, 0.4) is 0 Å². The number of hydrogen-bond donors (Lipinski definition) is 0. The van der Waals surface area contributed by atoms with Crippen molar-refractivity contribution in [3.05, 3.63) is 52.7 Å². The Bertz CT molecular complexity index is 772. The van der Waals surface area contributed by atoms with Crippen LogP contribution < -0.4 is 0 Å². The standard InChI is InChI=1S/C14H10ClFN2O2S/c1-8-11(4-5-19-8)13-17-18-14(20-13)21-7-9-2-3-10(16)6-12(9)15/h2-6H,7H2,1H3. The average Bonchev–Trinajstić information content (AvgIpc) is 3.06. The van der Waals surface area contributed by atoms with E-state index in [1.807, 2.05) is 6.92 Å². The molecule has 0 saturated heterocycles. The fourth-order valence-corrected chi connectivity index (χ4v) is 2.84. The molecule has 0 aliphatic carbocycles. The normalized spacial score (nSPS) is 11.0. The molecule has 0 spiro atoms. The molecule has 0 fully saturated rings. The van der Waals surface area contributed by atoms with E-state index in [1.165, 1.54) is 23.9 Å². The number of halogens is 2. The lowest BCUT2D eigenvalue weighted by atomic mass is 10.2. The van der Waals surface area contributed by atoms with Crippen LogP contribution in [0.4, 0.5) is 4.39 Å². The van der Waals surface area contributed by atoms with Crippen molar-refractivity contribution in [1.29, 1.82) is 0 Å². The molecule has 0 radical (unpaired) electrons. The van der Waals surface area contributed by atoms with Gasteiger partial charge in [-0.25, -0.2) is 4.39 Å². The van der Waals surface area contributed by atoms with E-state index in [9.17, 15) is 4.39 Å². The van der Waals surface area contributed by atoms with Gasteiger partial charge in [0.15, 0.2) is 0 Å². The maximum atomic E-state index is 13.0. The summed E-state index contributed by atoms with van der Waals surface area (Å²) in [5, 5.41) is 8.75. The number of benzene rings is 1. The maximum absolute atomic E-state index is 13.0. The zero-order valence-electron chi connectivity index (χ0n) is 11.0. The van der Waals surface area contributed by atoms with E-state index in [4.69, 9.17) is 20.4 Å². The summed E-state index contributed by atoms with van der Waals surface area (Å²) < 4.78 is 23.7. The van der Waals surface area contributed by atoms with E-state index < -0.39 is 0 Å². The number of rotatable bonds is 4. The summed E-state index contributed by atoms with van der Waals surface area (Å²) >= 11 is 7.31. The molecule has 21 heavy (non-hydrogen) atoms. The fraction of sp³-hybridized carbons (Fsp3) is 0.143. The predicted octanol–water partition coefficient (Wildman–Crippen LogP) is 4.72. The van der Waals surface area contributed by atoms with E-state index in [0.717, 1.165) is 16.9 Å². The van der Waals surface area contributed by atoms with Crippen LogP contribution in [0.15, 0.2) is 44.6 Å². The number of thioether (sulfide) groups is 1. The van der Waals surface area contributed by atoms with Gasteiger partial charge in [-0.3, -0.25) is 0 Å². The van der Waals surface area contributed by atoms with Crippen molar-refractivity contribution in [2.45, 2.75) is 17.9 Å². The van der Waals surface area contributed by atoms with Crippen molar-refractivity contribution in [1.82, 2.24) is 10.2 Å². The smallest absolute Gasteiger partial charge is 0.277 e. The summed E-state index contributed by atoms with van der Waals surface area (Å²) in [5.41, 5.74) is 1.58. The van der Waals surface area contributed by atoms with Gasteiger partial charge < -0.3 is 8.83 Å². The Balaban J connectivity index is 1.72. The van der Waals surface area contributed by atoms with Crippen molar-refractivity contribution >= 4 is 23.4 Å². The monoisotopic (exact) mass is 324 g/mol. The lowest BCUT2D eigenvalue weighted by Gasteiger charge is -2.01. The molecule has 2 aromatic heterocycles. The van der Waals surface area contributed by atoms with Gasteiger partial charge in [-0.05, 0) is 30.7 Å². The molecule has 0 unspecified atom stereocenters. The van der Waals surface area contributed by atoms with Crippen molar-refractivity contribution < 1.29 is 13.2 Å².